The number of pyridine rings is 1. The summed E-state index contributed by atoms with van der Waals surface area (Å²) in [5, 5.41) is 1.15. The van der Waals surface area contributed by atoms with E-state index in [0.29, 0.717) is 0 Å². The smallest absolute Gasteiger partial charge is 0.160 e. The van der Waals surface area contributed by atoms with E-state index in [0.717, 1.165) is 40.7 Å². The van der Waals surface area contributed by atoms with Crippen LogP contribution >= 0.6 is 0 Å². The van der Waals surface area contributed by atoms with Crippen LogP contribution in [0.4, 0.5) is 0 Å². The Bertz CT molecular complexity index is 971. The molecule has 0 aliphatic heterocycles. The first-order valence-electron chi connectivity index (χ1n) is 7.37. The van der Waals surface area contributed by atoms with Gasteiger partial charge in [-0.1, -0.05) is 18.2 Å². The number of rotatable bonds is 3. The minimum absolute atomic E-state index is 0.838. The van der Waals surface area contributed by atoms with Crippen LogP contribution in [0.25, 0.3) is 33.1 Å². The molecule has 3 heterocycles. The normalized spacial score (nSPS) is 12.0. The van der Waals surface area contributed by atoms with E-state index in [2.05, 4.69) is 46.7 Å². The Labute approximate surface area is 128 Å². The molecule has 4 aromatic rings. The average Bonchev–Trinajstić information content (AvgIpc) is 2.84. The van der Waals surface area contributed by atoms with Crippen LogP contribution in [-0.4, -0.2) is 45.1 Å². The third-order valence-corrected chi connectivity index (χ3v) is 3.92. The molecule has 0 fully saturated rings. The summed E-state index contributed by atoms with van der Waals surface area (Å²) < 4.78 is 2.26. The first kappa shape index (κ1) is 13.2. The highest BCUT2D eigenvalue weighted by Gasteiger charge is 2.14. The Hall–Kier alpha value is -2.53. The lowest BCUT2D eigenvalue weighted by Crippen LogP contribution is -2.18. The van der Waals surface area contributed by atoms with Gasteiger partial charge in [-0.15, -0.1) is 0 Å². The van der Waals surface area contributed by atoms with Gasteiger partial charge < -0.3 is 9.47 Å². The van der Waals surface area contributed by atoms with Crippen LogP contribution in [0.3, 0.4) is 0 Å². The van der Waals surface area contributed by atoms with Crippen molar-refractivity contribution < 1.29 is 0 Å². The molecule has 0 radical (unpaired) electrons. The number of para-hydroxylation sites is 1. The molecule has 0 atom stereocenters. The van der Waals surface area contributed by atoms with Gasteiger partial charge in [0.2, 0.25) is 0 Å². The summed E-state index contributed by atoms with van der Waals surface area (Å²) in [7, 11) is 4.17. The van der Waals surface area contributed by atoms with Gasteiger partial charge in [0.15, 0.2) is 5.65 Å². The standard InChI is InChI=1S/C17H17N5/c1-21(2)9-10-22-15-6-4-3-5-12(15)16-17(22)20-13-7-8-18-11-14(13)19-16/h3-8,11H,9-10H2,1-2H3. The highest BCUT2D eigenvalue weighted by Crippen LogP contribution is 2.27. The summed E-state index contributed by atoms with van der Waals surface area (Å²) in [5.41, 5.74) is 4.81. The van der Waals surface area contributed by atoms with Gasteiger partial charge in [0.1, 0.15) is 11.0 Å². The first-order valence-corrected chi connectivity index (χ1v) is 7.37. The van der Waals surface area contributed by atoms with Crippen molar-refractivity contribution in [1.29, 1.82) is 0 Å². The number of likely N-dealkylation sites (N-methyl/N-ethyl adjacent to an activating group) is 1. The monoisotopic (exact) mass is 291 g/mol. The Morgan fingerprint density at radius 2 is 1.91 bits per heavy atom. The predicted octanol–water partition coefficient (Wildman–Crippen LogP) is 2.69. The lowest BCUT2D eigenvalue weighted by molar-refractivity contribution is 0.389. The molecule has 0 aliphatic rings. The molecule has 0 unspecified atom stereocenters. The summed E-state index contributed by atoms with van der Waals surface area (Å²) in [5.74, 6) is 0. The summed E-state index contributed by atoms with van der Waals surface area (Å²) in [6.45, 7) is 1.85. The van der Waals surface area contributed by atoms with Crippen LogP contribution in [0.2, 0.25) is 0 Å². The SMILES string of the molecule is CN(C)CCn1c2ccccc2c2nc3cnccc3nc21. The minimum Gasteiger partial charge on any atom is -0.323 e. The molecule has 4 rings (SSSR count). The highest BCUT2D eigenvalue weighted by molar-refractivity contribution is 6.06. The molecule has 1 aromatic carbocycles. The second-order valence-corrected chi connectivity index (χ2v) is 5.73. The summed E-state index contributed by atoms with van der Waals surface area (Å²) >= 11 is 0. The summed E-state index contributed by atoms with van der Waals surface area (Å²) in [6, 6.07) is 10.3. The van der Waals surface area contributed by atoms with Crippen molar-refractivity contribution in [3.63, 3.8) is 0 Å². The predicted molar refractivity (Wildman–Crippen MR) is 88.9 cm³/mol. The highest BCUT2D eigenvalue weighted by atomic mass is 15.1. The van der Waals surface area contributed by atoms with E-state index < -0.39 is 0 Å². The van der Waals surface area contributed by atoms with Crippen LogP contribution in [0.15, 0.2) is 42.7 Å². The van der Waals surface area contributed by atoms with Crippen molar-refractivity contribution in [3.05, 3.63) is 42.7 Å². The van der Waals surface area contributed by atoms with Crippen molar-refractivity contribution in [2.45, 2.75) is 6.54 Å². The second-order valence-electron chi connectivity index (χ2n) is 5.73. The number of aromatic nitrogens is 4. The molecule has 22 heavy (non-hydrogen) atoms. The lowest BCUT2D eigenvalue weighted by Gasteiger charge is -2.11. The Morgan fingerprint density at radius 3 is 2.77 bits per heavy atom. The Kier molecular flexibility index (Phi) is 3.01. The molecule has 0 saturated heterocycles. The first-order chi connectivity index (χ1) is 10.7. The van der Waals surface area contributed by atoms with Crippen LogP contribution in [0.5, 0.6) is 0 Å². The van der Waals surface area contributed by atoms with Crippen LogP contribution in [-0.2, 0) is 6.54 Å². The van der Waals surface area contributed by atoms with Gasteiger partial charge in [0.05, 0.1) is 17.2 Å². The molecular weight excluding hydrogens is 274 g/mol. The van der Waals surface area contributed by atoms with Crippen LogP contribution in [0.1, 0.15) is 0 Å². The van der Waals surface area contributed by atoms with E-state index >= 15 is 0 Å². The number of hydrogen-bond donors (Lipinski definition) is 0. The maximum atomic E-state index is 4.83. The zero-order valence-corrected chi connectivity index (χ0v) is 12.7. The number of fused-ring (bicyclic) bond motifs is 4. The molecule has 3 aromatic heterocycles. The topological polar surface area (TPSA) is 46.8 Å². The maximum absolute atomic E-state index is 4.83. The molecule has 0 amide bonds. The molecule has 5 heteroatoms. The van der Waals surface area contributed by atoms with E-state index in [9.17, 15) is 0 Å². The number of hydrogen-bond acceptors (Lipinski definition) is 4. The van der Waals surface area contributed by atoms with E-state index in [1.807, 2.05) is 12.1 Å². The number of nitrogens with zero attached hydrogens (tertiary/aromatic N) is 5. The van der Waals surface area contributed by atoms with Crippen molar-refractivity contribution in [1.82, 2.24) is 24.4 Å². The van der Waals surface area contributed by atoms with Gasteiger partial charge in [0, 0.05) is 24.7 Å². The maximum Gasteiger partial charge on any atom is 0.160 e. The molecular formula is C17H17N5. The largest absolute Gasteiger partial charge is 0.323 e. The van der Waals surface area contributed by atoms with Gasteiger partial charge in [-0.3, -0.25) is 4.98 Å². The second kappa shape index (κ2) is 5.03. The minimum atomic E-state index is 0.838. The quantitative estimate of drug-likeness (QED) is 0.582. The van der Waals surface area contributed by atoms with E-state index in [1.165, 1.54) is 5.52 Å². The van der Waals surface area contributed by atoms with Crippen LogP contribution in [0, 0.1) is 0 Å². The zero-order chi connectivity index (χ0) is 15.1. The van der Waals surface area contributed by atoms with Gasteiger partial charge in [-0.25, -0.2) is 9.97 Å². The van der Waals surface area contributed by atoms with Crippen molar-refractivity contribution >= 4 is 33.1 Å². The fraction of sp³-hybridized carbons (Fsp3) is 0.235. The fourth-order valence-corrected chi connectivity index (χ4v) is 2.82. The van der Waals surface area contributed by atoms with Gasteiger partial charge >= 0.3 is 0 Å². The molecule has 0 N–H and O–H groups in total. The van der Waals surface area contributed by atoms with Gasteiger partial charge in [0.25, 0.3) is 0 Å². The third kappa shape index (κ3) is 2.02. The summed E-state index contributed by atoms with van der Waals surface area (Å²) in [4.78, 5) is 16.0. The van der Waals surface area contributed by atoms with Crippen molar-refractivity contribution in [3.8, 4) is 0 Å². The Morgan fingerprint density at radius 1 is 1.05 bits per heavy atom. The average molecular weight is 291 g/mol. The van der Waals surface area contributed by atoms with E-state index in [4.69, 9.17) is 9.97 Å². The van der Waals surface area contributed by atoms with Crippen LogP contribution < -0.4 is 0 Å². The lowest BCUT2D eigenvalue weighted by atomic mass is 10.2. The summed E-state index contributed by atoms with van der Waals surface area (Å²) in [6.07, 6.45) is 3.53. The van der Waals surface area contributed by atoms with Crippen molar-refractivity contribution in [2.75, 3.05) is 20.6 Å². The molecule has 110 valence electrons. The fourth-order valence-electron chi connectivity index (χ4n) is 2.82. The molecule has 0 spiro atoms. The van der Waals surface area contributed by atoms with E-state index in [1.54, 1.807) is 12.4 Å². The molecule has 5 nitrogen and oxygen atoms in total. The molecule has 0 aliphatic carbocycles. The van der Waals surface area contributed by atoms with Crippen molar-refractivity contribution in [2.24, 2.45) is 0 Å². The molecule has 0 bridgehead atoms. The van der Waals surface area contributed by atoms with Gasteiger partial charge in [-0.05, 0) is 26.2 Å². The Balaban J connectivity index is 2.06. The zero-order valence-electron chi connectivity index (χ0n) is 12.7. The third-order valence-electron chi connectivity index (χ3n) is 3.92. The molecule has 0 saturated carbocycles. The van der Waals surface area contributed by atoms with E-state index in [-0.39, 0.29) is 0 Å². The van der Waals surface area contributed by atoms with Gasteiger partial charge in [-0.2, -0.15) is 0 Å². The number of benzene rings is 1.